The van der Waals surface area contributed by atoms with Crippen molar-refractivity contribution >= 4 is 11.5 Å². The number of hydrogen-bond acceptors (Lipinski definition) is 5. The van der Waals surface area contributed by atoms with Gasteiger partial charge in [0.15, 0.2) is 0 Å². The van der Waals surface area contributed by atoms with Crippen LogP contribution in [-0.4, -0.2) is 9.97 Å². The third-order valence-corrected chi connectivity index (χ3v) is 2.77. The van der Waals surface area contributed by atoms with Gasteiger partial charge >= 0.3 is 0 Å². The summed E-state index contributed by atoms with van der Waals surface area (Å²) in [5.41, 5.74) is 9.15. The molecule has 0 radical (unpaired) electrons. The van der Waals surface area contributed by atoms with Crippen LogP contribution in [0.5, 0.6) is 0 Å². The summed E-state index contributed by atoms with van der Waals surface area (Å²) in [6, 6.07) is 7.81. The summed E-state index contributed by atoms with van der Waals surface area (Å²) in [5.74, 6) is 0.536. The molecule has 2 aromatic rings. The zero-order chi connectivity index (χ0) is 13.0. The Labute approximate surface area is 105 Å². The maximum Gasteiger partial charge on any atom is 0.147 e. The van der Waals surface area contributed by atoms with Gasteiger partial charge in [0.2, 0.25) is 0 Å². The largest absolute Gasteiger partial charge is 0.399 e. The highest BCUT2D eigenvalue weighted by atomic mass is 15.0. The van der Waals surface area contributed by atoms with E-state index in [1.165, 1.54) is 12.5 Å². The first-order valence-corrected chi connectivity index (χ1v) is 5.50. The van der Waals surface area contributed by atoms with Crippen LogP contribution in [0, 0.1) is 18.3 Å². The third-order valence-electron chi connectivity index (χ3n) is 2.77. The van der Waals surface area contributed by atoms with E-state index >= 15 is 0 Å². The van der Waals surface area contributed by atoms with Gasteiger partial charge in [0, 0.05) is 12.2 Å². The molecular weight excluding hydrogens is 226 g/mol. The number of aromatic nitrogens is 2. The van der Waals surface area contributed by atoms with E-state index in [1.807, 2.05) is 31.2 Å². The Kier molecular flexibility index (Phi) is 3.39. The van der Waals surface area contributed by atoms with E-state index in [4.69, 9.17) is 11.0 Å². The Balaban J connectivity index is 2.17. The van der Waals surface area contributed by atoms with E-state index in [1.54, 1.807) is 0 Å². The van der Waals surface area contributed by atoms with Crippen molar-refractivity contribution in [1.29, 1.82) is 5.26 Å². The molecule has 0 spiro atoms. The average molecular weight is 239 g/mol. The summed E-state index contributed by atoms with van der Waals surface area (Å²) in [5, 5.41) is 12.0. The first-order valence-electron chi connectivity index (χ1n) is 5.50. The van der Waals surface area contributed by atoms with Gasteiger partial charge in [-0.25, -0.2) is 9.97 Å². The normalized spacial score (nSPS) is 9.78. The number of rotatable bonds is 3. The molecule has 0 aliphatic carbocycles. The minimum absolute atomic E-state index is 0.430. The highest BCUT2D eigenvalue weighted by Crippen LogP contribution is 2.17. The molecule has 0 fully saturated rings. The lowest BCUT2D eigenvalue weighted by molar-refractivity contribution is 1.06. The molecule has 1 aromatic carbocycles. The Morgan fingerprint density at radius 2 is 2.28 bits per heavy atom. The average Bonchev–Trinajstić information content (AvgIpc) is 2.41. The van der Waals surface area contributed by atoms with Gasteiger partial charge in [-0.2, -0.15) is 5.26 Å². The molecule has 0 aliphatic heterocycles. The van der Waals surface area contributed by atoms with Crippen molar-refractivity contribution in [3.63, 3.8) is 0 Å². The standard InChI is InChI=1S/C13H13N5/c1-9-10(3-2-4-12(9)15)7-17-13-11(5-14)6-16-8-18-13/h2-4,6,8H,7,15H2,1H3,(H,16,17,18). The fraction of sp³-hybridized carbons (Fsp3) is 0.154. The Morgan fingerprint density at radius 1 is 1.44 bits per heavy atom. The number of anilines is 2. The molecule has 0 saturated carbocycles. The zero-order valence-corrected chi connectivity index (χ0v) is 10.0. The molecule has 2 rings (SSSR count). The second-order valence-electron chi connectivity index (χ2n) is 3.88. The maximum absolute atomic E-state index is 8.92. The summed E-state index contributed by atoms with van der Waals surface area (Å²) in [6.45, 7) is 2.54. The van der Waals surface area contributed by atoms with Crippen molar-refractivity contribution in [2.24, 2.45) is 0 Å². The van der Waals surface area contributed by atoms with E-state index in [0.29, 0.717) is 17.9 Å². The second kappa shape index (κ2) is 5.15. The van der Waals surface area contributed by atoms with Crippen LogP contribution in [0.1, 0.15) is 16.7 Å². The highest BCUT2D eigenvalue weighted by Gasteiger charge is 2.05. The van der Waals surface area contributed by atoms with Gasteiger partial charge in [-0.15, -0.1) is 0 Å². The lowest BCUT2D eigenvalue weighted by atomic mass is 10.1. The van der Waals surface area contributed by atoms with Crippen LogP contribution in [-0.2, 0) is 6.54 Å². The predicted molar refractivity (Wildman–Crippen MR) is 69.7 cm³/mol. The maximum atomic E-state index is 8.92. The van der Waals surface area contributed by atoms with Gasteiger partial charge in [-0.05, 0) is 24.1 Å². The molecule has 90 valence electrons. The molecule has 18 heavy (non-hydrogen) atoms. The number of hydrogen-bond donors (Lipinski definition) is 2. The van der Waals surface area contributed by atoms with E-state index < -0.39 is 0 Å². The van der Waals surface area contributed by atoms with Gasteiger partial charge in [-0.3, -0.25) is 0 Å². The number of nitrogens with one attached hydrogen (secondary N) is 1. The summed E-state index contributed by atoms with van der Waals surface area (Å²) in [7, 11) is 0. The van der Waals surface area contributed by atoms with Crippen LogP contribution >= 0.6 is 0 Å². The Morgan fingerprint density at radius 3 is 3.06 bits per heavy atom. The number of nitrogens with two attached hydrogens (primary N) is 1. The zero-order valence-electron chi connectivity index (χ0n) is 10.0. The fourth-order valence-corrected chi connectivity index (χ4v) is 1.63. The minimum Gasteiger partial charge on any atom is -0.399 e. The molecule has 0 unspecified atom stereocenters. The molecule has 0 bridgehead atoms. The monoisotopic (exact) mass is 239 g/mol. The van der Waals surface area contributed by atoms with Crippen LogP contribution in [0.4, 0.5) is 11.5 Å². The number of nitriles is 1. The van der Waals surface area contributed by atoms with E-state index in [0.717, 1.165) is 16.8 Å². The number of nitrogen functional groups attached to an aromatic ring is 1. The molecular formula is C13H13N5. The van der Waals surface area contributed by atoms with Crippen molar-refractivity contribution in [1.82, 2.24) is 9.97 Å². The van der Waals surface area contributed by atoms with Gasteiger partial charge in [-0.1, -0.05) is 12.1 Å². The van der Waals surface area contributed by atoms with Crippen LogP contribution in [0.25, 0.3) is 0 Å². The number of benzene rings is 1. The van der Waals surface area contributed by atoms with Crippen molar-refractivity contribution in [3.8, 4) is 6.07 Å². The minimum atomic E-state index is 0.430. The summed E-state index contributed by atoms with van der Waals surface area (Å²) < 4.78 is 0. The quantitative estimate of drug-likeness (QED) is 0.798. The predicted octanol–water partition coefficient (Wildman–Crippen LogP) is 1.85. The molecule has 5 heteroatoms. The van der Waals surface area contributed by atoms with Gasteiger partial charge in [0.05, 0.1) is 6.20 Å². The van der Waals surface area contributed by atoms with Crippen molar-refractivity contribution in [3.05, 3.63) is 47.4 Å². The van der Waals surface area contributed by atoms with E-state index in [9.17, 15) is 0 Å². The lowest BCUT2D eigenvalue weighted by Crippen LogP contribution is -2.06. The van der Waals surface area contributed by atoms with Gasteiger partial charge in [0.25, 0.3) is 0 Å². The lowest BCUT2D eigenvalue weighted by Gasteiger charge is -2.10. The van der Waals surface area contributed by atoms with Crippen molar-refractivity contribution in [2.45, 2.75) is 13.5 Å². The van der Waals surface area contributed by atoms with Crippen molar-refractivity contribution in [2.75, 3.05) is 11.1 Å². The van der Waals surface area contributed by atoms with E-state index in [-0.39, 0.29) is 0 Å². The molecule has 5 nitrogen and oxygen atoms in total. The Hall–Kier alpha value is -2.61. The molecule has 0 atom stereocenters. The molecule has 1 aromatic heterocycles. The summed E-state index contributed by atoms with van der Waals surface area (Å²) in [6.07, 6.45) is 2.90. The topological polar surface area (TPSA) is 87.6 Å². The van der Waals surface area contributed by atoms with Crippen molar-refractivity contribution < 1.29 is 0 Å². The first-order chi connectivity index (χ1) is 8.72. The van der Waals surface area contributed by atoms with Crippen LogP contribution < -0.4 is 11.1 Å². The number of nitrogens with zero attached hydrogens (tertiary/aromatic N) is 3. The van der Waals surface area contributed by atoms with Crippen LogP contribution in [0.15, 0.2) is 30.7 Å². The first kappa shape index (κ1) is 11.9. The molecule has 0 saturated heterocycles. The molecule has 3 N–H and O–H groups in total. The van der Waals surface area contributed by atoms with Gasteiger partial charge < -0.3 is 11.1 Å². The SMILES string of the molecule is Cc1c(N)cccc1CNc1ncncc1C#N. The van der Waals surface area contributed by atoms with Crippen LogP contribution in [0.2, 0.25) is 0 Å². The summed E-state index contributed by atoms with van der Waals surface area (Å²) in [4.78, 5) is 7.85. The highest BCUT2D eigenvalue weighted by molar-refractivity contribution is 5.53. The molecule has 0 amide bonds. The third kappa shape index (κ3) is 2.38. The van der Waals surface area contributed by atoms with Crippen LogP contribution in [0.3, 0.4) is 0 Å². The summed E-state index contributed by atoms with van der Waals surface area (Å²) >= 11 is 0. The molecule has 1 heterocycles. The molecule has 0 aliphatic rings. The van der Waals surface area contributed by atoms with Gasteiger partial charge in [0.1, 0.15) is 23.8 Å². The Bertz CT molecular complexity index is 601. The second-order valence-corrected chi connectivity index (χ2v) is 3.88. The fourth-order valence-electron chi connectivity index (χ4n) is 1.63. The van der Waals surface area contributed by atoms with E-state index in [2.05, 4.69) is 15.3 Å². The smallest absolute Gasteiger partial charge is 0.147 e.